The van der Waals surface area contributed by atoms with Gasteiger partial charge in [0, 0.05) is 0 Å². The number of sulfone groups is 1. The molecule has 1 heterocycles. The Kier molecular flexibility index (Phi) is 3.75. The van der Waals surface area contributed by atoms with Crippen LogP contribution in [0.2, 0.25) is 0 Å². The highest BCUT2D eigenvalue weighted by Gasteiger charge is 2.34. The third-order valence-electron chi connectivity index (χ3n) is 3.70. The molecule has 0 amide bonds. The first-order valence-corrected chi connectivity index (χ1v) is 8.48. The molecule has 2 nitrogen and oxygen atoms in total. The lowest BCUT2D eigenvalue weighted by Crippen LogP contribution is -2.12. The zero-order chi connectivity index (χ0) is 13.5. The maximum atomic E-state index is 11.5. The van der Waals surface area contributed by atoms with Gasteiger partial charge < -0.3 is 0 Å². The van der Waals surface area contributed by atoms with Crippen molar-refractivity contribution in [2.45, 2.75) is 32.6 Å². The average Bonchev–Trinajstić information content (AvgIpc) is 2.57. The van der Waals surface area contributed by atoms with Gasteiger partial charge in [-0.1, -0.05) is 17.7 Å². The molecule has 1 aromatic rings. The fourth-order valence-electron chi connectivity index (χ4n) is 2.92. The van der Waals surface area contributed by atoms with Gasteiger partial charge in [0.25, 0.3) is 0 Å². The minimum absolute atomic E-state index is 0.0526. The number of rotatable bonds is 2. The Balaban J connectivity index is 2.33. The van der Waals surface area contributed by atoms with E-state index in [-0.39, 0.29) is 22.8 Å². The first kappa shape index (κ1) is 13.9. The summed E-state index contributed by atoms with van der Waals surface area (Å²) in [6.45, 7) is 6.16. The van der Waals surface area contributed by atoms with Crippen molar-refractivity contribution in [1.29, 1.82) is 0 Å². The summed E-state index contributed by atoms with van der Waals surface area (Å²) in [4.78, 5) is 0. The average molecular weight is 287 g/mol. The first-order chi connectivity index (χ1) is 8.30. The molecule has 0 saturated carbocycles. The smallest absolute Gasteiger partial charge is 0.150 e. The molecular weight excluding hydrogens is 268 g/mol. The van der Waals surface area contributed by atoms with E-state index in [4.69, 9.17) is 11.6 Å². The molecule has 18 heavy (non-hydrogen) atoms. The third kappa shape index (κ3) is 2.72. The molecule has 2 atom stereocenters. The minimum atomic E-state index is -2.87. The van der Waals surface area contributed by atoms with E-state index in [2.05, 4.69) is 19.1 Å². The monoisotopic (exact) mass is 286 g/mol. The molecule has 2 unspecified atom stereocenters. The van der Waals surface area contributed by atoms with Crippen molar-refractivity contribution in [1.82, 2.24) is 0 Å². The van der Waals surface area contributed by atoms with E-state index in [0.717, 1.165) is 16.7 Å². The van der Waals surface area contributed by atoms with Gasteiger partial charge in [-0.15, -0.1) is 11.6 Å². The Morgan fingerprint density at radius 2 is 1.78 bits per heavy atom. The second-order valence-electron chi connectivity index (χ2n) is 5.38. The SMILES string of the molecule is Cc1cc(C)c(C(Cl)C2CCS(=O)(=O)C2)c(C)c1. The summed E-state index contributed by atoms with van der Waals surface area (Å²) in [6.07, 6.45) is 0.684. The van der Waals surface area contributed by atoms with Crippen LogP contribution in [0.1, 0.15) is 34.1 Å². The van der Waals surface area contributed by atoms with Gasteiger partial charge in [0.1, 0.15) is 0 Å². The maximum Gasteiger partial charge on any atom is 0.150 e. The lowest BCUT2D eigenvalue weighted by molar-refractivity contribution is 0.566. The molecule has 2 rings (SSSR count). The number of alkyl halides is 1. The van der Waals surface area contributed by atoms with Crippen LogP contribution in [0.25, 0.3) is 0 Å². The number of aryl methyl sites for hydroxylation is 3. The Labute approximate surface area is 114 Å². The van der Waals surface area contributed by atoms with Gasteiger partial charge in [-0.25, -0.2) is 8.42 Å². The molecule has 1 aliphatic rings. The fraction of sp³-hybridized carbons (Fsp3) is 0.571. The molecule has 4 heteroatoms. The van der Waals surface area contributed by atoms with Crippen LogP contribution in [0.15, 0.2) is 12.1 Å². The Morgan fingerprint density at radius 3 is 2.22 bits per heavy atom. The standard InChI is InChI=1S/C14H19ClO2S/c1-9-6-10(2)13(11(3)7-9)14(15)12-4-5-18(16,17)8-12/h6-7,12,14H,4-5,8H2,1-3H3. The van der Waals surface area contributed by atoms with E-state index in [1.165, 1.54) is 5.56 Å². The lowest BCUT2D eigenvalue weighted by Gasteiger charge is -2.21. The van der Waals surface area contributed by atoms with Crippen molar-refractivity contribution in [2.75, 3.05) is 11.5 Å². The molecule has 1 aromatic carbocycles. The van der Waals surface area contributed by atoms with Crippen molar-refractivity contribution in [2.24, 2.45) is 5.92 Å². The summed E-state index contributed by atoms with van der Waals surface area (Å²) in [7, 11) is -2.87. The van der Waals surface area contributed by atoms with Crippen LogP contribution >= 0.6 is 11.6 Å². The largest absolute Gasteiger partial charge is 0.229 e. The summed E-state index contributed by atoms with van der Waals surface area (Å²) >= 11 is 6.54. The van der Waals surface area contributed by atoms with Crippen molar-refractivity contribution >= 4 is 21.4 Å². The summed E-state index contributed by atoms with van der Waals surface area (Å²) in [5.41, 5.74) is 4.66. The predicted molar refractivity (Wildman–Crippen MR) is 76.0 cm³/mol. The van der Waals surface area contributed by atoms with Crippen LogP contribution < -0.4 is 0 Å². The number of hydrogen-bond donors (Lipinski definition) is 0. The summed E-state index contributed by atoms with van der Waals surface area (Å²) in [5, 5.41) is -0.192. The maximum absolute atomic E-state index is 11.5. The molecule has 0 aliphatic carbocycles. The van der Waals surface area contributed by atoms with E-state index in [1.807, 2.05) is 13.8 Å². The number of hydrogen-bond acceptors (Lipinski definition) is 2. The van der Waals surface area contributed by atoms with Crippen molar-refractivity contribution in [3.8, 4) is 0 Å². The van der Waals surface area contributed by atoms with Crippen LogP contribution in [0.5, 0.6) is 0 Å². The van der Waals surface area contributed by atoms with Crippen LogP contribution in [0, 0.1) is 26.7 Å². The molecule has 1 aliphatic heterocycles. The van der Waals surface area contributed by atoms with Gasteiger partial charge in [-0.05, 0) is 49.8 Å². The van der Waals surface area contributed by atoms with E-state index < -0.39 is 9.84 Å². The first-order valence-electron chi connectivity index (χ1n) is 6.22. The van der Waals surface area contributed by atoms with Gasteiger partial charge in [-0.3, -0.25) is 0 Å². The summed E-state index contributed by atoms with van der Waals surface area (Å²) in [6, 6.07) is 4.22. The van der Waals surface area contributed by atoms with Gasteiger partial charge >= 0.3 is 0 Å². The van der Waals surface area contributed by atoms with E-state index in [9.17, 15) is 8.42 Å². The zero-order valence-electron chi connectivity index (χ0n) is 11.0. The highest BCUT2D eigenvalue weighted by atomic mass is 35.5. The highest BCUT2D eigenvalue weighted by molar-refractivity contribution is 7.91. The van der Waals surface area contributed by atoms with E-state index in [0.29, 0.717) is 6.42 Å². The van der Waals surface area contributed by atoms with Crippen molar-refractivity contribution in [3.63, 3.8) is 0 Å². The molecular formula is C14H19ClO2S. The van der Waals surface area contributed by atoms with Gasteiger partial charge in [0.05, 0.1) is 16.9 Å². The lowest BCUT2D eigenvalue weighted by atomic mass is 9.90. The van der Waals surface area contributed by atoms with Gasteiger partial charge in [0.15, 0.2) is 9.84 Å². The van der Waals surface area contributed by atoms with E-state index >= 15 is 0 Å². The quantitative estimate of drug-likeness (QED) is 0.782. The number of benzene rings is 1. The second-order valence-corrected chi connectivity index (χ2v) is 8.08. The molecule has 0 N–H and O–H groups in total. The molecule has 0 aromatic heterocycles. The Bertz CT molecular complexity index is 540. The van der Waals surface area contributed by atoms with Crippen LogP contribution in [0.4, 0.5) is 0 Å². The molecule has 0 bridgehead atoms. The van der Waals surface area contributed by atoms with Crippen molar-refractivity contribution in [3.05, 3.63) is 34.4 Å². The molecule has 100 valence electrons. The van der Waals surface area contributed by atoms with Crippen LogP contribution in [-0.2, 0) is 9.84 Å². The van der Waals surface area contributed by atoms with Gasteiger partial charge in [0.2, 0.25) is 0 Å². The minimum Gasteiger partial charge on any atom is -0.229 e. The fourth-order valence-corrected chi connectivity index (χ4v) is 5.42. The third-order valence-corrected chi connectivity index (χ3v) is 6.06. The van der Waals surface area contributed by atoms with Crippen LogP contribution in [0.3, 0.4) is 0 Å². The van der Waals surface area contributed by atoms with Crippen molar-refractivity contribution < 1.29 is 8.42 Å². The van der Waals surface area contributed by atoms with E-state index in [1.54, 1.807) is 0 Å². The topological polar surface area (TPSA) is 34.1 Å². The Morgan fingerprint density at radius 1 is 1.22 bits per heavy atom. The molecule has 1 saturated heterocycles. The molecule has 1 fully saturated rings. The van der Waals surface area contributed by atoms with Gasteiger partial charge in [-0.2, -0.15) is 0 Å². The number of halogens is 1. The normalized spacial score (nSPS) is 24.1. The zero-order valence-corrected chi connectivity index (χ0v) is 12.6. The molecule has 0 radical (unpaired) electrons. The highest BCUT2D eigenvalue weighted by Crippen LogP contribution is 2.39. The molecule has 0 spiro atoms. The summed E-state index contributed by atoms with van der Waals surface area (Å²) in [5.74, 6) is 0.565. The second kappa shape index (κ2) is 4.86. The summed E-state index contributed by atoms with van der Waals surface area (Å²) < 4.78 is 23.1. The predicted octanol–water partition coefficient (Wildman–Crippen LogP) is 3.33. The van der Waals surface area contributed by atoms with Crippen LogP contribution in [-0.4, -0.2) is 19.9 Å². The Hall–Kier alpha value is -0.540.